The maximum absolute atomic E-state index is 5.73. The molecule has 3 rings (SSSR count). The molecule has 1 aromatic heterocycles. The van der Waals surface area contributed by atoms with Crippen LogP contribution in [-0.4, -0.2) is 13.2 Å². The number of ether oxygens (including phenoxy) is 2. The van der Waals surface area contributed by atoms with Crippen LogP contribution in [0.25, 0.3) is 0 Å². The van der Waals surface area contributed by atoms with Gasteiger partial charge in [-0.2, -0.15) is 0 Å². The summed E-state index contributed by atoms with van der Waals surface area (Å²) < 4.78 is 11.4. The Morgan fingerprint density at radius 3 is 2.59 bits per heavy atom. The highest BCUT2D eigenvalue weighted by molar-refractivity contribution is 7.10. The Balaban J connectivity index is 0.00000176. The van der Waals surface area contributed by atoms with E-state index in [-0.39, 0.29) is 12.4 Å². The first kappa shape index (κ1) is 17.1. The number of hydrogen-bond acceptors (Lipinski definition) is 4. The minimum Gasteiger partial charge on any atom is -0.490 e. The SMILES string of the molecule is Cc1scc(CNCc2ccc3c(c2)OCCCO3)c1C.Cl. The van der Waals surface area contributed by atoms with Crippen molar-refractivity contribution < 1.29 is 9.47 Å². The van der Waals surface area contributed by atoms with E-state index in [1.165, 1.54) is 21.6 Å². The van der Waals surface area contributed by atoms with Gasteiger partial charge in [0, 0.05) is 24.4 Å². The fourth-order valence-corrected chi connectivity index (χ4v) is 3.28. The Labute approximate surface area is 142 Å². The topological polar surface area (TPSA) is 30.5 Å². The average Bonchev–Trinajstić information content (AvgIpc) is 2.70. The van der Waals surface area contributed by atoms with E-state index in [1.54, 1.807) is 0 Å². The molecule has 1 aliphatic heterocycles. The molecule has 0 aliphatic carbocycles. The Morgan fingerprint density at radius 2 is 1.86 bits per heavy atom. The van der Waals surface area contributed by atoms with E-state index < -0.39 is 0 Å². The van der Waals surface area contributed by atoms with Gasteiger partial charge in [0.25, 0.3) is 0 Å². The molecule has 0 spiro atoms. The number of nitrogens with one attached hydrogen (secondary N) is 1. The van der Waals surface area contributed by atoms with Crippen molar-refractivity contribution in [3.63, 3.8) is 0 Å². The zero-order chi connectivity index (χ0) is 14.7. The lowest BCUT2D eigenvalue weighted by molar-refractivity contribution is 0.297. The molecule has 22 heavy (non-hydrogen) atoms. The Kier molecular flexibility index (Phi) is 6.12. The number of hydrogen-bond donors (Lipinski definition) is 1. The summed E-state index contributed by atoms with van der Waals surface area (Å²) in [5, 5.41) is 5.75. The lowest BCUT2D eigenvalue weighted by Gasteiger charge is -2.10. The quantitative estimate of drug-likeness (QED) is 0.903. The third kappa shape index (κ3) is 3.94. The molecule has 0 saturated heterocycles. The summed E-state index contributed by atoms with van der Waals surface area (Å²) in [6.07, 6.45) is 0.943. The van der Waals surface area contributed by atoms with Gasteiger partial charge in [-0.15, -0.1) is 23.7 Å². The third-order valence-electron chi connectivity index (χ3n) is 3.84. The number of thiophene rings is 1. The van der Waals surface area contributed by atoms with Gasteiger partial charge in [-0.25, -0.2) is 0 Å². The number of fused-ring (bicyclic) bond motifs is 1. The molecule has 1 aliphatic rings. The fraction of sp³-hybridized carbons (Fsp3) is 0.412. The van der Waals surface area contributed by atoms with Gasteiger partial charge >= 0.3 is 0 Å². The molecule has 2 heterocycles. The molecule has 0 radical (unpaired) electrons. The van der Waals surface area contributed by atoms with Crippen molar-refractivity contribution in [1.29, 1.82) is 0 Å². The Bertz CT molecular complexity index is 627. The third-order valence-corrected chi connectivity index (χ3v) is 4.91. The van der Waals surface area contributed by atoms with Crippen LogP contribution in [0.3, 0.4) is 0 Å². The van der Waals surface area contributed by atoms with Crippen LogP contribution >= 0.6 is 23.7 Å². The highest BCUT2D eigenvalue weighted by Gasteiger charge is 2.10. The van der Waals surface area contributed by atoms with Crippen molar-refractivity contribution in [2.45, 2.75) is 33.4 Å². The van der Waals surface area contributed by atoms with Gasteiger partial charge in [0.05, 0.1) is 13.2 Å². The molecule has 5 heteroatoms. The Hall–Kier alpha value is -1.23. The zero-order valence-electron chi connectivity index (χ0n) is 13.0. The van der Waals surface area contributed by atoms with E-state index in [9.17, 15) is 0 Å². The second kappa shape index (κ2) is 7.86. The molecule has 2 aromatic rings. The first-order valence-electron chi connectivity index (χ1n) is 7.37. The molecule has 0 saturated carbocycles. The zero-order valence-corrected chi connectivity index (χ0v) is 14.6. The number of rotatable bonds is 4. The van der Waals surface area contributed by atoms with Crippen molar-refractivity contribution in [2.75, 3.05) is 13.2 Å². The van der Waals surface area contributed by atoms with E-state index >= 15 is 0 Å². The smallest absolute Gasteiger partial charge is 0.161 e. The summed E-state index contributed by atoms with van der Waals surface area (Å²) in [6.45, 7) is 7.58. The van der Waals surface area contributed by atoms with Crippen LogP contribution in [0.2, 0.25) is 0 Å². The van der Waals surface area contributed by atoms with E-state index in [0.717, 1.165) is 44.2 Å². The monoisotopic (exact) mass is 339 g/mol. The molecule has 0 atom stereocenters. The average molecular weight is 340 g/mol. The summed E-state index contributed by atoms with van der Waals surface area (Å²) in [7, 11) is 0. The summed E-state index contributed by atoms with van der Waals surface area (Å²) in [5.41, 5.74) is 4.03. The van der Waals surface area contributed by atoms with Gasteiger partial charge in [-0.1, -0.05) is 6.07 Å². The van der Waals surface area contributed by atoms with Crippen LogP contribution in [0.4, 0.5) is 0 Å². The highest BCUT2D eigenvalue weighted by atomic mass is 35.5. The molecule has 1 N–H and O–H groups in total. The van der Waals surface area contributed by atoms with Crippen LogP contribution in [0, 0.1) is 13.8 Å². The molecular weight excluding hydrogens is 318 g/mol. The second-order valence-corrected chi connectivity index (χ2v) is 6.46. The molecule has 3 nitrogen and oxygen atoms in total. The van der Waals surface area contributed by atoms with Gasteiger partial charge in [0.2, 0.25) is 0 Å². The van der Waals surface area contributed by atoms with Gasteiger partial charge in [-0.3, -0.25) is 0 Å². The van der Waals surface area contributed by atoms with Crippen LogP contribution in [0.1, 0.15) is 28.0 Å². The van der Waals surface area contributed by atoms with Gasteiger partial charge < -0.3 is 14.8 Å². The van der Waals surface area contributed by atoms with Crippen molar-refractivity contribution in [2.24, 2.45) is 0 Å². The molecule has 1 aromatic carbocycles. The minimum atomic E-state index is 0. The second-order valence-electron chi connectivity index (χ2n) is 5.38. The lowest BCUT2D eigenvalue weighted by atomic mass is 10.1. The normalized spacial score (nSPS) is 13.4. The number of benzene rings is 1. The van der Waals surface area contributed by atoms with E-state index in [2.05, 4.69) is 36.7 Å². The van der Waals surface area contributed by atoms with Crippen molar-refractivity contribution >= 4 is 23.7 Å². The standard InChI is InChI=1S/C17H21NO2S.ClH/c1-12-13(2)21-11-15(12)10-18-9-14-4-5-16-17(8-14)20-7-3-6-19-16;/h4-5,8,11,18H,3,6-7,9-10H2,1-2H3;1H. The highest BCUT2D eigenvalue weighted by Crippen LogP contribution is 2.30. The van der Waals surface area contributed by atoms with Gasteiger partial charge in [0.1, 0.15) is 0 Å². The van der Waals surface area contributed by atoms with Crippen LogP contribution in [-0.2, 0) is 13.1 Å². The van der Waals surface area contributed by atoms with Crippen molar-refractivity contribution in [1.82, 2.24) is 5.32 Å². The van der Waals surface area contributed by atoms with E-state index in [4.69, 9.17) is 9.47 Å². The Morgan fingerprint density at radius 1 is 1.09 bits per heavy atom. The van der Waals surface area contributed by atoms with Crippen LogP contribution < -0.4 is 14.8 Å². The summed E-state index contributed by atoms with van der Waals surface area (Å²) in [4.78, 5) is 1.40. The first-order chi connectivity index (χ1) is 10.2. The van der Waals surface area contributed by atoms with Crippen molar-refractivity contribution in [3.05, 3.63) is 45.1 Å². The summed E-state index contributed by atoms with van der Waals surface area (Å²) >= 11 is 1.82. The molecule has 0 amide bonds. The molecule has 120 valence electrons. The maximum Gasteiger partial charge on any atom is 0.161 e. The maximum atomic E-state index is 5.73. The van der Waals surface area contributed by atoms with Gasteiger partial charge in [-0.05, 0) is 48.1 Å². The predicted octanol–water partition coefficient (Wildman–Crippen LogP) is 4.24. The van der Waals surface area contributed by atoms with Crippen molar-refractivity contribution in [3.8, 4) is 11.5 Å². The van der Waals surface area contributed by atoms with Gasteiger partial charge in [0.15, 0.2) is 11.5 Å². The van der Waals surface area contributed by atoms with Crippen LogP contribution in [0.5, 0.6) is 11.5 Å². The minimum absolute atomic E-state index is 0. The van der Waals surface area contributed by atoms with Crippen LogP contribution in [0.15, 0.2) is 23.6 Å². The fourth-order valence-electron chi connectivity index (χ4n) is 2.40. The lowest BCUT2D eigenvalue weighted by Crippen LogP contribution is -2.13. The largest absolute Gasteiger partial charge is 0.490 e. The summed E-state index contributed by atoms with van der Waals surface area (Å²) in [5.74, 6) is 1.73. The number of aryl methyl sites for hydroxylation is 1. The number of halogens is 1. The van der Waals surface area contributed by atoms with E-state index in [0.29, 0.717) is 0 Å². The molecule has 0 bridgehead atoms. The predicted molar refractivity (Wildman–Crippen MR) is 93.6 cm³/mol. The first-order valence-corrected chi connectivity index (χ1v) is 8.25. The van der Waals surface area contributed by atoms with E-state index in [1.807, 2.05) is 17.4 Å². The molecule has 0 fully saturated rings. The molecular formula is C17H22ClNO2S. The molecule has 0 unspecified atom stereocenters. The summed E-state index contributed by atoms with van der Waals surface area (Å²) in [6, 6.07) is 6.20.